The molecule has 4 aromatic rings. The molecule has 0 bridgehead atoms. The second-order valence-corrected chi connectivity index (χ2v) is 8.94. The maximum atomic E-state index is 10.5. The van der Waals surface area contributed by atoms with E-state index in [2.05, 4.69) is 41.2 Å². The number of aryl methyl sites for hydroxylation is 2. The molecule has 2 aromatic carbocycles. The minimum Gasteiger partial charge on any atom is -0.441 e. The number of nitrogens with zero attached hydrogens (tertiary/aromatic N) is 2. The second kappa shape index (κ2) is 14.0. The van der Waals surface area contributed by atoms with Crippen LogP contribution in [0.5, 0.6) is 0 Å². The number of hydrogen-bond acceptors (Lipinski definition) is 4. The number of oxazole rings is 1. The lowest BCUT2D eigenvalue weighted by Crippen LogP contribution is -2.07. The summed E-state index contributed by atoms with van der Waals surface area (Å²) in [5, 5.41) is 9.46. The third-order valence-electron chi connectivity index (χ3n) is 6.42. The first kappa shape index (κ1) is 27.7. The number of nitriles is 1. The van der Waals surface area contributed by atoms with E-state index in [-0.39, 0.29) is 5.56 Å². The Morgan fingerprint density at radius 3 is 2.41 bits per heavy atom. The first-order valence-corrected chi connectivity index (χ1v) is 13.4. The Balaban J connectivity index is 0.000000291. The van der Waals surface area contributed by atoms with Gasteiger partial charge in [-0.05, 0) is 66.1 Å². The van der Waals surface area contributed by atoms with Gasteiger partial charge >= 0.3 is 0 Å². The first-order chi connectivity index (χ1) is 18.1. The van der Waals surface area contributed by atoms with E-state index in [9.17, 15) is 10.1 Å². The molecule has 1 fully saturated rings. The fourth-order valence-electron chi connectivity index (χ4n) is 4.20. The lowest BCUT2D eigenvalue weighted by molar-refractivity contribution is 0.350. The molecule has 0 spiro atoms. The molecule has 0 amide bonds. The highest BCUT2D eigenvalue weighted by atomic mass is 16.4. The fraction of sp³-hybridized carbons (Fsp3) is 0.344. The number of aromatic amines is 1. The van der Waals surface area contributed by atoms with Crippen molar-refractivity contribution in [3.8, 4) is 28.7 Å². The maximum absolute atomic E-state index is 10.5. The smallest absolute Gasteiger partial charge is 0.247 e. The van der Waals surface area contributed by atoms with E-state index in [1.807, 2.05) is 57.3 Å². The molecule has 0 aliphatic heterocycles. The van der Waals surface area contributed by atoms with Crippen LogP contribution < -0.4 is 5.56 Å². The van der Waals surface area contributed by atoms with Gasteiger partial charge in [0.2, 0.25) is 11.4 Å². The second-order valence-electron chi connectivity index (χ2n) is 8.94. The summed E-state index contributed by atoms with van der Waals surface area (Å²) in [6.07, 6.45) is 10.3. The Hall–Kier alpha value is -3.91. The molecule has 0 unspecified atom stereocenters. The van der Waals surface area contributed by atoms with Gasteiger partial charge in [0.15, 0.2) is 0 Å². The van der Waals surface area contributed by atoms with Crippen LogP contribution in [0.3, 0.4) is 0 Å². The van der Waals surface area contributed by atoms with Crippen molar-refractivity contribution in [2.45, 2.75) is 72.1 Å². The molecule has 1 N–H and O–H groups in total. The molecule has 2 aromatic heterocycles. The van der Waals surface area contributed by atoms with E-state index in [4.69, 9.17) is 4.42 Å². The maximum Gasteiger partial charge on any atom is 0.247 e. The van der Waals surface area contributed by atoms with E-state index in [0.717, 1.165) is 47.3 Å². The number of nitrogens with one attached hydrogen (secondary N) is 1. The lowest BCUT2D eigenvalue weighted by Gasteiger charge is -2.22. The van der Waals surface area contributed by atoms with E-state index in [1.165, 1.54) is 24.8 Å². The van der Waals surface area contributed by atoms with Crippen molar-refractivity contribution in [1.82, 2.24) is 9.97 Å². The quantitative estimate of drug-likeness (QED) is 0.293. The van der Waals surface area contributed by atoms with Gasteiger partial charge in [-0.1, -0.05) is 70.9 Å². The largest absolute Gasteiger partial charge is 0.441 e. The molecule has 5 heteroatoms. The van der Waals surface area contributed by atoms with Crippen molar-refractivity contribution in [3.63, 3.8) is 0 Å². The highest BCUT2D eigenvalue weighted by Gasteiger charge is 2.24. The van der Waals surface area contributed by atoms with Crippen molar-refractivity contribution in [2.75, 3.05) is 0 Å². The molecular formula is C32H37N3O2. The molecule has 5 nitrogen and oxygen atoms in total. The molecular weight excluding hydrogens is 458 g/mol. The highest BCUT2D eigenvalue weighted by Crippen LogP contribution is 2.38. The summed E-state index contributed by atoms with van der Waals surface area (Å²) in [4.78, 5) is 17.6. The van der Waals surface area contributed by atoms with Crippen LogP contribution >= 0.6 is 0 Å². The standard InChI is InChI=1S/C23H22N2O.C7H9NO.C2H6/c1-2-6-16-11-19(21-10-4-3-7-18(21)14-24)13-20(12-16)23-25-15-22(26-23)17-8-5-9-17;1-2-6-3-4-7(9)8-5-6;1-2/h3-4,7,10-13,15,17H,2,5-6,8-9H2,1H3;3-5H,2H2,1H3,(H,8,9);1-2H3. The average Bonchev–Trinajstić information content (AvgIpc) is 3.39. The fourth-order valence-corrected chi connectivity index (χ4v) is 4.20. The summed E-state index contributed by atoms with van der Waals surface area (Å²) in [6.45, 7) is 8.23. The van der Waals surface area contributed by atoms with Crippen molar-refractivity contribution >= 4 is 0 Å². The van der Waals surface area contributed by atoms with Crippen LogP contribution in [-0.2, 0) is 12.8 Å². The van der Waals surface area contributed by atoms with Crippen molar-refractivity contribution < 1.29 is 4.42 Å². The normalized spacial score (nSPS) is 12.3. The molecule has 1 saturated carbocycles. The monoisotopic (exact) mass is 495 g/mol. The predicted molar refractivity (Wildman–Crippen MR) is 150 cm³/mol. The van der Waals surface area contributed by atoms with Crippen LogP contribution in [-0.4, -0.2) is 9.97 Å². The van der Waals surface area contributed by atoms with Crippen LogP contribution in [0.25, 0.3) is 22.6 Å². The molecule has 0 radical (unpaired) electrons. The van der Waals surface area contributed by atoms with E-state index in [1.54, 1.807) is 12.3 Å². The molecule has 192 valence electrons. The summed E-state index contributed by atoms with van der Waals surface area (Å²) >= 11 is 0. The topological polar surface area (TPSA) is 82.7 Å². The zero-order chi connectivity index (χ0) is 26.6. The van der Waals surface area contributed by atoms with Crippen LogP contribution in [0.15, 0.2) is 76.2 Å². The number of aromatic nitrogens is 2. The number of benzene rings is 2. The number of H-pyrrole nitrogens is 1. The summed E-state index contributed by atoms with van der Waals surface area (Å²) in [6, 6.07) is 19.8. The van der Waals surface area contributed by atoms with Gasteiger partial charge in [-0.3, -0.25) is 4.79 Å². The van der Waals surface area contributed by atoms with Gasteiger partial charge in [-0.2, -0.15) is 5.26 Å². The van der Waals surface area contributed by atoms with Crippen LogP contribution in [0.1, 0.15) is 81.7 Å². The van der Waals surface area contributed by atoms with Gasteiger partial charge in [0.25, 0.3) is 0 Å². The van der Waals surface area contributed by atoms with Crippen molar-refractivity contribution in [1.29, 1.82) is 5.26 Å². The number of pyridine rings is 1. The Morgan fingerprint density at radius 2 is 1.78 bits per heavy atom. The summed E-state index contributed by atoms with van der Waals surface area (Å²) < 4.78 is 6.08. The van der Waals surface area contributed by atoms with Crippen LogP contribution in [0.2, 0.25) is 0 Å². The van der Waals surface area contributed by atoms with Gasteiger partial charge in [-0.15, -0.1) is 0 Å². The van der Waals surface area contributed by atoms with Gasteiger partial charge < -0.3 is 9.40 Å². The molecule has 1 aliphatic rings. The molecule has 0 saturated heterocycles. The Morgan fingerprint density at radius 1 is 1.03 bits per heavy atom. The molecule has 37 heavy (non-hydrogen) atoms. The van der Waals surface area contributed by atoms with E-state index in [0.29, 0.717) is 17.4 Å². The average molecular weight is 496 g/mol. The van der Waals surface area contributed by atoms with Crippen LogP contribution in [0.4, 0.5) is 0 Å². The SMILES string of the molecule is CC.CCCc1cc(-c2ncc(C3CCC3)o2)cc(-c2ccccc2C#N)c1.CCc1ccc(=O)[nH]c1. The first-order valence-electron chi connectivity index (χ1n) is 13.4. The minimum atomic E-state index is -0.0350. The van der Waals surface area contributed by atoms with Gasteiger partial charge in [0.1, 0.15) is 5.76 Å². The number of rotatable bonds is 6. The number of hydrogen-bond donors (Lipinski definition) is 1. The summed E-state index contributed by atoms with van der Waals surface area (Å²) in [5.74, 6) is 2.22. The zero-order valence-electron chi connectivity index (χ0n) is 22.4. The minimum absolute atomic E-state index is 0.0350. The van der Waals surface area contributed by atoms with Gasteiger partial charge in [-0.25, -0.2) is 4.98 Å². The highest BCUT2D eigenvalue weighted by molar-refractivity contribution is 5.75. The Kier molecular flexibility index (Phi) is 10.5. The third-order valence-corrected chi connectivity index (χ3v) is 6.42. The predicted octanol–water partition coefficient (Wildman–Crippen LogP) is 8.06. The molecule has 1 aliphatic carbocycles. The third kappa shape index (κ3) is 7.30. The molecule has 0 atom stereocenters. The Bertz CT molecular complexity index is 1350. The summed E-state index contributed by atoms with van der Waals surface area (Å²) in [7, 11) is 0. The molecule has 5 rings (SSSR count). The van der Waals surface area contributed by atoms with Gasteiger partial charge in [0, 0.05) is 23.7 Å². The summed E-state index contributed by atoms with van der Waals surface area (Å²) in [5.41, 5.74) is 6.06. The Labute approximate surface area is 220 Å². The molecule has 2 heterocycles. The lowest BCUT2D eigenvalue weighted by atomic mass is 9.84. The van der Waals surface area contributed by atoms with E-state index >= 15 is 0 Å². The van der Waals surface area contributed by atoms with Crippen LogP contribution in [0, 0.1) is 11.3 Å². The van der Waals surface area contributed by atoms with Gasteiger partial charge in [0.05, 0.1) is 17.8 Å². The zero-order valence-corrected chi connectivity index (χ0v) is 22.4. The van der Waals surface area contributed by atoms with Crippen molar-refractivity contribution in [2.24, 2.45) is 0 Å². The van der Waals surface area contributed by atoms with Crippen molar-refractivity contribution in [3.05, 3.63) is 99.8 Å². The van der Waals surface area contributed by atoms with E-state index < -0.39 is 0 Å².